The number of hydrogen-bond acceptors (Lipinski definition) is 4. The Morgan fingerprint density at radius 3 is 2.65 bits per heavy atom. The van der Waals surface area contributed by atoms with Gasteiger partial charge in [0.05, 0.1) is 6.04 Å². The number of carbonyl (C=O) groups is 2. The third-order valence-corrected chi connectivity index (χ3v) is 4.26. The summed E-state index contributed by atoms with van der Waals surface area (Å²) in [7, 11) is 0. The van der Waals surface area contributed by atoms with Crippen molar-refractivity contribution in [3.8, 4) is 0 Å². The standard InChI is InChI=1S/C18H17F2NO5/c1-2-14-10(18(23)24)8-15(26-14)17(22)21-13-5-6-25-16(13)9-3-4-11(19)12(20)7-9/h3-4,7-8,13,16H,2,5-6H2,1H3,(H,21,22)(H,23,24). The van der Waals surface area contributed by atoms with Crippen molar-refractivity contribution in [1.82, 2.24) is 5.32 Å². The fourth-order valence-corrected chi connectivity index (χ4v) is 2.98. The maximum atomic E-state index is 13.5. The molecule has 1 aromatic heterocycles. The van der Waals surface area contributed by atoms with E-state index in [9.17, 15) is 18.4 Å². The number of amides is 1. The molecule has 1 saturated heterocycles. The maximum absolute atomic E-state index is 13.5. The number of nitrogens with one attached hydrogen (secondary N) is 1. The van der Waals surface area contributed by atoms with Crippen molar-refractivity contribution in [2.45, 2.75) is 31.9 Å². The van der Waals surface area contributed by atoms with E-state index in [0.29, 0.717) is 25.0 Å². The molecular formula is C18H17F2NO5. The fraction of sp³-hybridized carbons (Fsp3) is 0.333. The van der Waals surface area contributed by atoms with E-state index < -0.39 is 35.7 Å². The molecule has 2 heterocycles. The predicted octanol–water partition coefficient (Wildman–Crippen LogP) is 3.08. The molecule has 1 fully saturated rings. The van der Waals surface area contributed by atoms with Crippen LogP contribution in [0.3, 0.4) is 0 Å². The van der Waals surface area contributed by atoms with Gasteiger partial charge >= 0.3 is 5.97 Å². The van der Waals surface area contributed by atoms with Crippen molar-refractivity contribution in [3.05, 3.63) is 58.5 Å². The van der Waals surface area contributed by atoms with Crippen LogP contribution in [0.4, 0.5) is 8.78 Å². The van der Waals surface area contributed by atoms with Gasteiger partial charge in [0.2, 0.25) is 0 Å². The van der Waals surface area contributed by atoms with E-state index in [1.807, 2.05) is 0 Å². The van der Waals surface area contributed by atoms with Gasteiger partial charge in [-0.1, -0.05) is 13.0 Å². The third-order valence-electron chi connectivity index (χ3n) is 4.26. The molecule has 1 aliphatic heterocycles. The molecule has 138 valence electrons. The Bertz CT molecular complexity index is 848. The van der Waals surface area contributed by atoms with Crippen LogP contribution in [0.5, 0.6) is 0 Å². The zero-order valence-electron chi connectivity index (χ0n) is 13.9. The zero-order valence-corrected chi connectivity index (χ0v) is 13.9. The lowest BCUT2D eigenvalue weighted by Gasteiger charge is -2.20. The lowest BCUT2D eigenvalue weighted by Crippen LogP contribution is -2.36. The average Bonchev–Trinajstić information content (AvgIpc) is 3.24. The van der Waals surface area contributed by atoms with Gasteiger partial charge < -0.3 is 19.6 Å². The minimum Gasteiger partial charge on any atom is -0.478 e. The first-order valence-electron chi connectivity index (χ1n) is 8.14. The molecule has 2 aromatic rings. The molecule has 1 aromatic carbocycles. The molecule has 0 aliphatic carbocycles. The minimum absolute atomic E-state index is 0.0579. The Labute approximate surface area is 147 Å². The first-order valence-corrected chi connectivity index (χ1v) is 8.14. The topological polar surface area (TPSA) is 88.8 Å². The molecule has 6 nitrogen and oxygen atoms in total. The van der Waals surface area contributed by atoms with Crippen LogP contribution in [0.15, 0.2) is 28.7 Å². The number of halogens is 2. The summed E-state index contributed by atoms with van der Waals surface area (Å²) in [4.78, 5) is 23.6. The van der Waals surface area contributed by atoms with E-state index >= 15 is 0 Å². The van der Waals surface area contributed by atoms with E-state index in [0.717, 1.165) is 12.1 Å². The highest BCUT2D eigenvalue weighted by molar-refractivity contribution is 5.96. The van der Waals surface area contributed by atoms with Crippen LogP contribution in [-0.2, 0) is 11.2 Å². The fourth-order valence-electron chi connectivity index (χ4n) is 2.98. The number of aryl methyl sites for hydroxylation is 1. The summed E-state index contributed by atoms with van der Waals surface area (Å²) in [5, 5.41) is 11.9. The highest BCUT2D eigenvalue weighted by Gasteiger charge is 2.32. The maximum Gasteiger partial charge on any atom is 0.339 e. The van der Waals surface area contributed by atoms with Crippen LogP contribution >= 0.6 is 0 Å². The summed E-state index contributed by atoms with van der Waals surface area (Å²) >= 11 is 0. The summed E-state index contributed by atoms with van der Waals surface area (Å²) in [5.41, 5.74) is 0.351. The van der Waals surface area contributed by atoms with Crippen LogP contribution in [0.1, 0.15) is 51.7 Å². The number of furan rings is 1. The van der Waals surface area contributed by atoms with Gasteiger partial charge in [-0.15, -0.1) is 0 Å². The van der Waals surface area contributed by atoms with Gasteiger partial charge in [0, 0.05) is 19.1 Å². The third kappa shape index (κ3) is 3.45. The van der Waals surface area contributed by atoms with Crippen molar-refractivity contribution in [3.63, 3.8) is 0 Å². The van der Waals surface area contributed by atoms with Crippen LogP contribution in [-0.4, -0.2) is 29.6 Å². The first kappa shape index (κ1) is 18.1. The number of benzene rings is 1. The smallest absolute Gasteiger partial charge is 0.339 e. The number of rotatable bonds is 5. The van der Waals surface area contributed by atoms with Crippen molar-refractivity contribution in [2.24, 2.45) is 0 Å². The van der Waals surface area contributed by atoms with Crippen molar-refractivity contribution >= 4 is 11.9 Å². The monoisotopic (exact) mass is 365 g/mol. The van der Waals surface area contributed by atoms with E-state index in [1.54, 1.807) is 6.92 Å². The average molecular weight is 365 g/mol. The second kappa shape index (κ2) is 7.25. The summed E-state index contributed by atoms with van der Waals surface area (Å²) < 4.78 is 37.4. The molecule has 2 unspecified atom stereocenters. The summed E-state index contributed by atoms with van der Waals surface area (Å²) in [6.07, 6.45) is 0.176. The van der Waals surface area contributed by atoms with Crippen molar-refractivity contribution in [1.29, 1.82) is 0 Å². The molecule has 0 saturated carbocycles. The molecule has 0 radical (unpaired) electrons. The minimum atomic E-state index is -1.17. The van der Waals surface area contributed by atoms with Crippen LogP contribution in [0.25, 0.3) is 0 Å². The second-order valence-corrected chi connectivity index (χ2v) is 5.94. The van der Waals surface area contributed by atoms with Gasteiger partial charge in [-0.05, 0) is 24.1 Å². The van der Waals surface area contributed by atoms with Crippen molar-refractivity contribution < 1.29 is 32.6 Å². The number of aromatic carboxylic acids is 1. The van der Waals surface area contributed by atoms with Crippen LogP contribution in [0.2, 0.25) is 0 Å². The molecule has 8 heteroatoms. The van der Waals surface area contributed by atoms with Gasteiger partial charge in [-0.25, -0.2) is 13.6 Å². The highest BCUT2D eigenvalue weighted by atomic mass is 19.2. The Morgan fingerprint density at radius 2 is 2.04 bits per heavy atom. The Kier molecular flexibility index (Phi) is 5.03. The number of carbonyl (C=O) groups excluding carboxylic acids is 1. The molecule has 2 atom stereocenters. The number of ether oxygens (including phenoxy) is 1. The second-order valence-electron chi connectivity index (χ2n) is 5.94. The molecule has 2 N–H and O–H groups in total. The Balaban J connectivity index is 1.78. The largest absolute Gasteiger partial charge is 0.478 e. The molecule has 1 aliphatic rings. The number of carboxylic acids is 1. The number of carboxylic acid groups (broad SMARTS) is 1. The van der Waals surface area contributed by atoms with Gasteiger partial charge in [0.15, 0.2) is 17.4 Å². The first-order chi connectivity index (χ1) is 12.4. The lowest BCUT2D eigenvalue weighted by molar-refractivity contribution is 0.0694. The highest BCUT2D eigenvalue weighted by Crippen LogP contribution is 2.30. The predicted molar refractivity (Wildman–Crippen MR) is 86.0 cm³/mol. The normalized spacial score (nSPS) is 19.5. The van der Waals surface area contributed by atoms with E-state index in [-0.39, 0.29) is 17.1 Å². The number of hydrogen-bond donors (Lipinski definition) is 2. The molecular weight excluding hydrogens is 348 g/mol. The zero-order chi connectivity index (χ0) is 18.8. The molecule has 0 spiro atoms. The Morgan fingerprint density at radius 1 is 1.27 bits per heavy atom. The van der Waals surface area contributed by atoms with E-state index in [4.69, 9.17) is 14.3 Å². The summed E-state index contributed by atoms with van der Waals surface area (Å²) in [6.45, 7) is 2.06. The molecule has 3 rings (SSSR count). The van der Waals surface area contributed by atoms with E-state index in [1.165, 1.54) is 12.1 Å². The van der Waals surface area contributed by atoms with Crippen LogP contribution in [0, 0.1) is 11.6 Å². The lowest BCUT2D eigenvalue weighted by atomic mass is 10.0. The van der Waals surface area contributed by atoms with Gasteiger partial charge in [-0.3, -0.25) is 4.79 Å². The molecule has 26 heavy (non-hydrogen) atoms. The summed E-state index contributed by atoms with van der Waals surface area (Å²) in [5.74, 6) is -3.62. The molecule has 1 amide bonds. The van der Waals surface area contributed by atoms with Gasteiger partial charge in [-0.2, -0.15) is 0 Å². The van der Waals surface area contributed by atoms with Crippen molar-refractivity contribution in [2.75, 3.05) is 6.61 Å². The van der Waals surface area contributed by atoms with Crippen LogP contribution < -0.4 is 5.32 Å². The SMILES string of the molecule is CCc1oc(C(=O)NC2CCOC2c2ccc(F)c(F)c2)cc1C(=O)O. The van der Waals surface area contributed by atoms with Gasteiger partial charge in [0.25, 0.3) is 5.91 Å². The van der Waals surface area contributed by atoms with Gasteiger partial charge in [0.1, 0.15) is 17.4 Å². The van der Waals surface area contributed by atoms with E-state index in [2.05, 4.69) is 5.32 Å². The molecule has 0 bridgehead atoms. The quantitative estimate of drug-likeness (QED) is 0.850. The summed E-state index contributed by atoms with van der Waals surface area (Å²) in [6, 6.07) is 4.15. The Hall–Kier alpha value is -2.74.